The second-order valence-corrected chi connectivity index (χ2v) is 6.35. The monoisotopic (exact) mass is 266 g/mol. The first-order valence-corrected chi connectivity index (χ1v) is 7.59. The molecule has 1 aromatic rings. The second-order valence-electron chi connectivity index (χ2n) is 5.25. The maximum absolute atomic E-state index is 12.5. The minimum Gasteiger partial charge on any atom is -0.374 e. The summed E-state index contributed by atoms with van der Waals surface area (Å²) in [6, 6.07) is 0. The Morgan fingerprint density at radius 2 is 2.56 bits per heavy atom. The molecule has 98 valence electrons. The van der Waals surface area contributed by atoms with Crippen molar-refractivity contribution in [3.8, 4) is 0 Å². The fraction of sp³-hybridized carbons (Fsp3) is 0.692. The SMILES string of the molecule is Cn1ccnc1C(=O)C1CCOC2(CCSC2)C1. The number of ketones is 1. The van der Waals surface area contributed by atoms with Crippen LogP contribution in [0.5, 0.6) is 0 Å². The van der Waals surface area contributed by atoms with Gasteiger partial charge in [0, 0.05) is 37.7 Å². The van der Waals surface area contributed by atoms with E-state index in [2.05, 4.69) is 4.98 Å². The summed E-state index contributed by atoms with van der Waals surface area (Å²) >= 11 is 1.94. The smallest absolute Gasteiger partial charge is 0.201 e. The summed E-state index contributed by atoms with van der Waals surface area (Å²) in [5, 5.41) is 0. The van der Waals surface area contributed by atoms with E-state index in [-0.39, 0.29) is 17.3 Å². The third-order valence-electron chi connectivity index (χ3n) is 3.97. The Bertz CT molecular complexity index is 452. The van der Waals surface area contributed by atoms with Gasteiger partial charge in [-0.15, -0.1) is 0 Å². The molecule has 2 saturated heterocycles. The molecule has 2 atom stereocenters. The third-order valence-corrected chi connectivity index (χ3v) is 5.20. The Labute approximate surface area is 111 Å². The number of nitrogens with zero attached hydrogens (tertiary/aromatic N) is 2. The van der Waals surface area contributed by atoms with E-state index in [4.69, 9.17) is 4.74 Å². The van der Waals surface area contributed by atoms with Gasteiger partial charge in [0.1, 0.15) is 0 Å². The number of Topliss-reactive ketones (excluding diaryl/α,β-unsaturated/α-hetero) is 1. The van der Waals surface area contributed by atoms with E-state index in [0.717, 1.165) is 30.8 Å². The van der Waals surface area contributed by atoms with Crippen molar-refractivity contribution < 1.29 is 9.53 Å². The third kappa shape index (κ3) is 2.10. The van der Waals surface area contributed by atoms with Gasteiger partial charge in [-0.1, -0.05) is 0 Å². The highest BCUT2D eigenvalue weighted by molar-refractivity contribution is 7.99. The van der Waals surface area contributed by atoms with Gasteiger partial charge in [-0.3, -0.25) is 4.79 Å². The number of hydrogen-bond acceptors (Lipinski definition) is 4. The second kappa shape index (κ2) is 4.70. The van der Waals surface area contributed by atoms with Crippen LogP contribution < -0.4 is 0 Å². The van der Waals surface area contributed by atoms with Crippen LogP contribution in [0.25, 0.3) is 0 Å². The molecule has 2 aliphatic heterocycles. The summed E-state index contributed by atoms with van der Waals surface area (Å²) in [4.78, 5) is 16.6. The number of aromatic nitrogens is 2. The van der Waals surface area contributed by atoms with Crippen molar-refractivity contribution in [1.82, 2.24) is 9.55 Å². The van der Waals surface area contributed by atoms with Gasteiger partial charge in [-0.25, -0.2) is 4.98 Å². The number of rotatable bonds is 2. The van der Waals surface area contributed by atoms with Crippen LogP contribution in [0.4, 0.5) is 0 Å². The Morgan fingerprint density at radius 1 is 1.67 bits per heavy atom. The van der Waals surface area contributed by atoms with Gasteiger partial charge < -0.3 is 9.30 Å². The number of hydrogen-bond donors (Lipinski definition) is 0. The van der Waals surface area contributed by atoms with Gasteiger partial charge in [-0.05, 0) is 25.0 Å². The molecule has 2 aliphatic rings. The van der Waals surface area contributed by atoms with E-state index in [0.29, 0.717) is 12.4 Å². The molecule has 0 bridgehead atoms. The number of carbonyl (C=O) groups is 1. The van der Waals surface area contributed by atoms with Crippen LogP contribution in [0.1, 0.15) is 29.9 Å². The van der Waals surface area contributed by atoms with Gasteiger partial charge in [-0.2, -0.15) is 11.8 Å². The van der Waals surface area contributed by atoms with Gasteiger partial charge >= 0.3 is 0 Å². The molecular formula is C13H18N2O2S. The molecular weight excluding hydrogens is 248 g/mol. The minimum atomic E-state index is -0.0333. The number of carbonyl (C=O) groups excluding carboxylic acids is 1. The normalized spacial score (nSPS) is 31.9. The van der Waals surface area contributed by atoms with Crippen LogP contribution in [-0.2, 0) is 11.8 Å². The Hall–Kier alpha value is -0.810. The lowest BCUT2D eigenvalue weighted by atomic mass is 9.83. The van der Waals surface area contributed by atoms with Gasteiger partial charge in [0.2, 0.25) is 5.78 Å². The lowest BCUT2D eigenvalue weighted by molar-refractivity contribution is -0.0736. The van der Waals surface area contributed by atoms with Crippen LogP contribution in [0.2, 0.25) is 0 Å². The summed E-state index contributed by atoms with van der Waals surface area (Å²) in [6.45, 7) is 0.710. The number of aryl methyl sites for hydroxylation is 1. The van der Waals surface area contributed by atoms with Crippen LogP contribution in [0.15, 0.2) is 12.4 Å². The first-order valence-electron chi connectivity index (χ1n) is 6.43. The molecule has 1 aromatic heterocycles. The van der Waals surface area contributed by atoms with Crippen LogP contribution in [0, 0.1) is 5.92 Å². The molecule has 0 aromatic carbocycles. The molecule has 3 heterocycles. The van der Waals surface area contributed by atoms with E-state index >= 15 is 0 Å². The van der Waals surface area contributed by atoms with Crippen LogP contribution in [0.3, 0.4) is 0 Å². The van der Waals surface area contributed by atoms with E-state index in [1.165, 1.54) is 0 Å². The first-order chi connectivity index (χ1) is 8.70. The quantitative estimate of drug-likeness (QED) is 0.767. The molecule has 0 amide bonds. The Morgan fingerprint density at radius 3 is 3.22 bits per heavy atom. The van der Waals surface area contributed by atoms with Crippen molar-refractivity contribution in [1.29, 1.82) is 0 Å². The van der Waals surface area contributed by atoms with Crippen molar-refractivity contribution in [3.63, 3.8) is 0 Å². The molecule has 1 spiro atoms. The highest BCUT2D eigenvalue weighted by atomic mass is 32.2. The van der Waals surface area contributed by atoms with Crippen molar-refractivity contribution in [2.45, 2.75) is 24.9 Å². The van der Waals surface area contributed by atoms with Gasteiger partial charge in [0.25, 0.3) is 0 Å². The van der Waals surface area contributed by atoms with Crippen molar-refractivity contribution >= 4 is 17.5 Å². The zero-order valence-electron chi connectivity index (χ0n) is 10.6. The van der Waals surface area contributed by atoms with Crippen molar-refractivity contribution in [2.24, 2.45) is 13.0 Å². The standard InChI is InChI=1S/C13H18N2O2S/c1-15-5-4-14-12(15)11(16)10-2-6-17-13(8-10)3-7-18-9-13/h4-5,10H,2-3,6-9H2,1H3. The average molecular weight is 266 g/mol. The largest absolute Gasteiger partial charge is 0.374 e. The van der Waals surface area contributed by atoms with Crippen molar-refractivity contribution in [2.75, 3.05) is 18.1 Å². The lowest BCUT2D eigenvalue weighted by Gasteiger charge is -2.36. The summed E-state index contributed by atoms with van der Waals surface area (Å²) in [7, 11) is 1.88. The molecule has 4 nitrogen and oxygen atoms in total. The summed E-state index contributed by atoms with van der Waals surface area (Å²) in [5.74, 6) is 3.05. The molecule has 0 radical (unpaired) electrons. The minimum absolute atomic E-state index is 0.0333. The molecule has 2 fully saturated rings. The van der Waals surface area contributed by atoms with Gasteiger partial charge in [0.05, 0.1) is 5.60 Å². The molecule has 18 heavy (non-hydrogen) atoms. The van der Waals surface area contributed by atoms with Crippen molar-refractivity contribution in [3.05, 3.63) is 18.2 Å². The number of ether oxygens (including phenoxy) is 1. The predicted molar refractivity (Wildman–Crippen MR) is 70.9 cm³/mol. The zero-order valence-corrected chi connectivity index (χ0v) is 11.4. The lowest BCUT2D eigenvalue weighted by Crippen LogP contribution is -2.42. The van der Waals surface area contributed by atoms with E-state index in [1.807, 2.05) is 29.6 Å². The highest BCUT2D eigenvalue weighted by Crippen LogP contribution is 2.41. The van der Waals surface area contributed by atoms with E-state index in [9.17, 15) is 4.79 Å². The van der Waals surface area contributed by atoms with Gasteiger partial charge in [0.15, 0.2) is 5.82 Å². The highest BCUT2D eigenvalue weighted by Gasteiger charge is 2.43. The maximum Gasteiger partial charge on any atom is 0.201 e. The molecule has 5 heteroatoms. The Balaban J connectivity index is 1.76. The molecule has 2 unspecified atom stereocenters. The van der Waals surface area contributed by atoms with E-state index in [1.54, 1.807) is 6.20 Å². The summed E-state index contributed by atoms with van der Waals surface area (Å²) < 4.78 is 7.77. The van der Waals surface area contributed by atoms with E-state index < -0.39 is 0 Å². The number of imidazole rings is 1. The summed E-state index contributed by atoms with van der Waals surface area (Å²) in [5.41, 5.74) is -0.0333. The number of thioether (sulfide) groups is 1. The molecule has 3 rings (SSSR count). The predicted octanol–water partition coefficient (Wildman–Crippen LogP) is 1.91. The fourth-order valence-corrected chi connectivity index (χ4v) is 4.28. The van der Waals surface area contributed by atoms with Crippen LogP contribution in [-0.4, -0.2) is 39.0 Å². The summed E-state index contributed by atoms with van der Waals surface area (Å²) in [6.07, 6.45) is 6.30. The molecule has 0 aliphatic carbocycles. The topological polar surface area (TPSA) is 44.1 Å². The zero-order chi connectivity index (χ0) is 12.6. The molecule has 0 saturated carbocycles. The average Bonchev–Trinajstić information content (AvgIpc) is 2.98. The van der Waals surface area contributed by atoms with Crippen LogP contribution >= 0.6 is 11.8 Å². The Kier molecular flexibility index (Phi) is 3.20. The fourth-order valence-electron chi connectivity index (χ4n) is 2.90. The molecule has 0 N–H and O–H groups in total. The first kappa shape index (κ1) is 12.2. The maximum atomic E-state index is 12.5.